The van der Waals surface area contributed by atoms with Crippen LogP contribution in [0.3, 0.4) is 0 Å². The highest BCUT2D eigenvalue weighted by Crippen LogP contribution is 2.61. The Hall–Kier alpha value is -1.84. The molecule has 2 saturated carbocycles. The summed E-state index contributed by atoms with van der Waals surface area (Å²) >= 11 is 0. The Morgan fingerprint density at radius 2 is 1.86 bits per heavy atom. The van der Waals surface area contributed by atoms with Gasteiger partial charge in [0, 0.05) is 0 Å². The van der Waals surface area contributed by atoms with E-state index in [4.69, 9.17) is 9.47 Å². The van der Waals surface area contributed by atoms with E-state index in [1.165, 1.54) is 0 Å². The molecule has 1 aromatic rings. The van der Waals surface area contributed by atoms with Crippen LogP contribution in [0.5, 0.6) is 0 Å². The Bertz CT molecular complexity index is 525. The average Bonchev–Trinajstić information content (AvgIpc) is 3.06. The molecule has 112 valence electrons. The zero-order chi connectivity index (χ0) is 14.8. The van der Waals surface area contributed by atoms with Crippen molar-refractivity contribution < 1.29 is 19.1 Å². The quantitative estimate of drug-likeness (QED) is 0.781. The van der Waals surface area contributed by atoms with Crippen LogP contribution in [0.2, 0.25) is 0 Å². The van der Waals surface area contributed by atoms with Crippen LogP contribution in [0.1, 0.15) is 25.3 Å². The summed E-state index contributed by atoms with van der Waals surface area (Å²) in [5, 5.41) is 0. The van der Waals surface area contributed by atoms with Gasteiger partial charge in [-0.3, -0.25) is 9.59 Å². The lowest BCUT2D eigenvalue weighted by atomic mass is 10.00. The van der Waals surface area contributed by atoms with Gasteiger partial charge < -0.3 is 9.47 Å². The van der Waals surface area contributed by atoms with E-state index in [0.717, 1.165) is 18.4 Å². The number of ether oxygens (including phenoxy) is 2. The maximum atomic E-state index is 12.2. The summed E-state index contributed by atoms with van der Waals surface area (Å²) in [5.74, 6) is -0.0436. The minimum absolute atomic E-state index is 0.0759. The summed E-state index contributed by atoms with van der Waals surface area (Å²) in [6.45, 7) is 2.51. The molecule has 21 heavy (non-hydrogen) atoms. The number of benzene rings is 1. The first-order valence-corrected chi connectivity index (χ1v) is 7.59. The van der Waals surface area contributed by atoms with Crippen LogP contribution in [0.15, 0.2) is 30.3 Å². The lowest BCUT2D eigenvalue weighted by Crippen LogP contribution is -2.21. The molecule has 4 heteroatoms. The van der Waals surface area contributed by atoms with Gasteiger partial charge in [-0.15, -0.1) is 0 Å². The summed E-state index contributed by atoms with van der Waals surface area (Å²) in [4.78, 5) is 24.0. The summed E-state index contributed by atoms with van der Waals surface area (Å²) < 4.78 is 10.5. The molecule has 4 atom stereocenters. The average molecular weight is 288 g/mol. The molecule has 3 rings (SSSR count). The van der Waals surface area contributed by atoms with Crippen molar-refractivity contribution in [1.82, 2.24) is 0 Å². The number of esters is 2. The number of fused-ring (bicyclic) bond motifs is 1. The van der Waals surface area contributed by atoms with Gasteiger partial charge in [-0.05, 0) is 37.2 Å². The summed E-state index contributed by atoms with van der Waals surface area (Å²) in [6, 6.07) is 9.65. The van der Waals surface area contributed by atoms with Gasteiger partial charge in [0.25, 0.3) is 0 Å². The highest BCUT2D eigenvalue weighted by Gasteiger charge is 2.64. The molecule has 1 aromatic carbocycles. The summed E-state index contributed by atoms with van der Waals surface area (Å²) in [5.41, 5.74) is 0.984. The topological polar surface area (TPSA) is 52.6 Å². The van der Waals surface area contributed by atoms with E-state index in [-0.39, 0.29) is 29.7 Å². The van der Waals surface area contributed by atoms with E-state index < -0.39 is 0 Å². The van der Waals surface area contributed by atoms with Crippen molar-refractivity contribution >= 4 is 11.9 Å². The van der Waals surface area contributed by atoms with Crippen molar-refractivity contribution in [2.75, 3.05) is 6.61 Å². The Morgan fingerprint density at radius 1 is 1.10 bits per heavy atom. The lowest BCUT2D eigenvalue weighted by Gasteiger charge is -2.13. The van der Waals surface area contributed by atoms with Gasteiger partial charge in [0.2, 0.25) is 0 Å². The number of carbonyl (C=O) groups is 2. The van der Waals surface area contributed by atoms with E-state index in [0.29, 0.717) is 19.1 Å². The molecule has 0 saturated heterocycles. The van der Waals surface area contributed by atoms with E-state index in [2.05, 4.69) is 0 Å². The SMILES string of the molecule is CCOC(=O)C1C2CCC(C(=O)OCc3ccccc3)C21. The van der Waals surface area contributed by atoms with Crippen molar-refractivity contribution in [3.8, 4) is 0 Å². The Labute approximate surface area is 124 Å². The first-order chi connectivity index (χ1) is 10.2. The highest BCUT2D eigenvalue weighted by atomic mass is 16.5. The fourth-order valence-corrected chi connectivity index (χ4v) is 3.57. The number of hydrogen-bond acceptors (Lipinski definition) is 4. The Kier molecular flexibility index (Phi) is 3.95. The molecule has 0 heterocycles. The molecule has 0 spiro atoms. The zero-order valence-corrected chi connectivity index (χ0v) is 12.2. The second kappa shape index (κ2) is 5.88. The lowest BCUT2D eigenvalue weighted by molar-refractivity contribution is -0.151. The Morgan fingerprint density at radius 3 is 2.57 bits per heavy atom. The molecule has 2 aliphatic rings. The number of hydrogen-bond donors (Lipinski definition) is 0. The Balaban J connectivity index is 1.53. The maximum absolute atomic E-state index is 12.2. The van der Waals surface area contributed by atoms with Crippen LogP contribution in [0.25, 0.3) is 0 Å². The molecule has 0 radical (unpaired) electrons. The minimum atomic E-state index is -0.168. The first-order valence-electron chi connectivity index (χ1n) is 7.59. The van der Waals surface area contributed by atoms with Crippen LogP contribution in [0.4, 0.5) is 0 Å². The number of rotatable bonds is 5. The minimum Gasteiger partial charge on any atom is -0.466 e. The van der Waals surface area contributed by atoms with Crippen molar-refractivity contribution in [1.29, 1.82) is 0 Å². The fraction of sp³-hybridized carbons (Fsp3) is 0.529. The monoisotopic (exact) mass is 288 g/mol. The van der Waals surface area contributed by atoms with Crippen molar-refractivity contribution in [2.24, 2.45) is 23.7 Å². The van der Waals surface area contributed by atoms with Crippen molar-refractivity contribution in [3.05, 3.63) is 35.9 Å². The molecule has 0 amide bonds. The predicted molar refractivity (Wildman–Crippen MR) is 76.1 cm³/mol. The molecule has 4 unspecified atom stereocenters. The molecule has 0 aliphatic heterocycles. The van der Waals surface area contributed by atoms with Gasteiger partial charge in [0.1, 0.15) is 6.61 Å². The second-order valence-electron chi connectivity index (χ2n) is 5.80. The molecule has 4 nitrogen and oxygen atoms in total. The van der Waals surface area contributed by atoms with Crippen molar-refractivity contribution in [2.45, 2.75) is 26.4 Å². The third-order valence-corrected chi connectivity index (χ3v) is 4.59. The molecule has 0 bridgehead atoms. The fourth-order valence-electron chi connectivity index (χ4n) is 3.57. The van der Waals surface area contributed by atoms with E-state index in [1.807, 2.05) is 37.3 Å². The maximum Gasteiger partial charge on any atom is 0.309 e. The molecular weight excluding hydrogens is 268 g/mol. The van der Waals surface area contributed by atoms with Gasteiger partial charge in [-0.25, -0.2) is 0 Å². The van der Waals surface area contributed by atoms with Crippen LogP contribution in [-0.4, -0.2) is 18.5 Å². The molecular formula is C17H20O4. The van der Waals surface area contributed by atoms with Gasteiger partial charge in [0.05, 0.1) is 18.4 Å². The van der Waals surface area contributed by atoms with Gasteiger partial charge in [0.15, 0.2) is 0 Å². The molecule has 2 aliphatic carbocycles. The van der Waals surface area contributed by atoms with Crippen molar-refractivity contribution in [3.63, 3.8) is 0 Å². The van der Waals surface area contributed by atoms with Gasteiger partial charge in [-0.2, -0.15) is 0 Å². The number of carbonyl (C=O) groups excluding carboxylic acids is 2. The molecule has 0 aromatic heterocycles. The van der Waals surface area contributed by atoms with Crippen LogP contribution in [-0.2, 0) is 25.7 Å². The smallest absolute Gasteiger partial charge is 0.309 e. The first kappa shape index (κ1) is 14.1. The van der Waals surface area contributed by atoms with Crippen LogP contribution < -0.4 is 0 Å². The zero-order valence-electron chi connectivity index (χ0n) is 12.2. The second-order valence-corrected chi connectivity index (χ2v) is 5.80. The largest absolute Gasteiger partial charge is 0.466 e. The predicted octanol–water partition coefficient (Wildman–Crippen LogP) is 2.57. The normalized spacial score (nSPS) is 29.6. The van der Waals surface area contributed by atoms with Crippen LogP contribution >= 0.6 is 0 Å². The molecule has 2 fully saturated rings. The third kappa shape index (κ3) is 2.80. The van der Waals surface area contributed by atoms with E-state index in [1.54, 1.807) is 0 Å². The third-order valence-electron chi connectivity index (χ3n) is 4.59. The summed E-state index contributed by atoms with van der Waals surface area (Å²) in [6.07, 6.45) is 1.76. The summed E-state index contributed by atoms with van der Waals surface area (Å²) in [7, 11) is 0. The molecule has 0 N–H and O–H groups in total. The van der Waals surface area contributed by atoms with Crippen LogP contribution in [0, 0.1) is 23.7 Å². The van der Waals surface area contributed by atoms with Gasteiger partial charge >= 0.3 is 11.9 Å². The van der Waals surface area contributed by atoms with E-state index in [9.17, 15) is 9.59 Å². The van der Waals surface area contributed by atoms with E-state index >= 15 is 0 Å². The standard InChI is InChI=1S/C17H20O4/c1-2-20-17(19)15-12-8-9-13(14(12)15)16(18)21-10-11-6-4-3-5-7-11/h3-7,12-15H,2,8-10H2,1H3. The van der Waals surface area contributed by atoms with Gasteiger partial charge in [-0.1, -0.05) is 30.3 Å². The highest BCUT2D eigenvalue weighted by molar-refractivity contribution is 5.81.